The highest BCUT2D eigenvalue weighted by molar-refractivity contribution is 6.02. The molecule has 0 saturated heterocycles. The molecule has 23 heavy (non-hydrogen) atoms. The third-order valence-corrected chi connectivity index (χ3v) is 3.76. The lowest BCUT2D eigenvalue weighted by molar-refractivity contribution is 0.0790. The van der Waals surface area contributed by atoms with Crippen LogP contribution in [0.4, 0.5) is 0 Å². The minimum atomic E-state index is -0.217. The van der Waals surface area contributed by atoms with Crippen molar-refractivity contribution in [3.05, 3.63) is 51.0 Å². The molecule has 2 aromatic rings. The van der Waals surface area contributed by atoms with Gasteiger partial charge in [-0.05, 0) is 26.3 Å². The van der Waals surface area contributed by atoms with Crippen molar-refractivity contribution in [2.45, 2.75) is 27.2 Å². The zero-order chi connectivity index (χ0) is 17.1. The van der Waals surface area contributed by atoms with E-state index in [1.54, 1.807) is 20.9 Å². The molecule has 1 amide bonds. The molecule has 2 heterocycles. The maximum atomic E-state index is 12.5. The second kappa shape index (κ2) is 6.60. The molecule has 2 aromatic heterocycles. The van der Waals surface area contributed by atoms with Crippen LogP contribution in [0.25, 0.3) is 0 Å². The van der Waals surface area contributed by atoms with E-state index in [4.69, 9.17) is 0 Å². The summed E-state index contributed by atoms with van der Waals surface area (Å²) in [7, 11) is 1.67. The number of carbonyl (C=O) groups excluding carboxylic acids is 2. The molecule has 0 bridgehead atoms. The number of likely N-dealkylation sites (N-methyl/N-ethyl adjacent to an activating group) is 1. The van der Waals surface area contributed by atoms with Crippen LogP contribution in [0, 0.1) is 13.8 Å². The lowest BCUT2D eigenvalue weighted by atomic mass is 10.1. The van der Waals surface area contributed by atoms with Gasteiger partial charge in [0.1, 0.15) is 11.5 Å². The van der Waals surface area contributed by atoms with E-state index < -0.39 is 0 Å². The van der Waals surface area contributed by atoms with Crippen molar-refractivity contribution in [3.63, 3.8) is 0 Å². The van der Waals surface area contributed by atoms with Crippen LogP contribution in [0.2, 0.25) is 0 Å². The van der Waals surface area contributed by atoms with Gasteiger partial charge in [0.2, 0.25) is 0 Å². The van der Waals surface area contributed by atoms with Gasteiger partial charge in [0.15, 0.2) is 5.78 Å². The van der Waals surface area contributed by atoms with Gasteiger partial charge in [-0.1, -0.05) is 0 Å². The Kier molecular flexibility index (Phi) is 4.78. The molecule has 0 aliphatic carbocycles. The predicted octanol–water partition coefficient (Wildman–Crippen LogP) is 1.23. The highest BCUT2D eigenvalue weighted by Gasteiger charge is 2.22. The highest BCUT2D eigenvalue weighted by atomic mass is 16.2. The van der Waals surface area contributed by atoms with Gasteiger partial charge in [-0.3, -0.25) is 14.4 Å². The lowest BCUT2D eigenvalue weighted by Gasteiger charge is -2.16. The van der Waals surface area contributed by atoms with Crippen molar-refractivity contribution in [1.29, 1.82) is 0 Å². The third kappa shape index (κ3) is 3.56. The molecule has 2 N–H and O–H groups in total. The minimum Gasteiger partial charge on any atom is -0.354 e. The van der Waals surface area contributed by atoms with E-state index in [0.717, 1.165) is 0 Å². The molecule has 7 nitrogen and oxygen atoms in total. The van der Waals surface area contributed by atoms with Crippen LogP contribution in [0.1, 0.15) is 44.9 Å². The average molecular weight is 316 g/mol. The summed E-state index contributed by atoms with van der Waals surface area (Å²) in [5.74, 6) is 0.265. The molecule has 0 radical (unpaired) electrons. The first-order valence-corrected chi connectivity index (χ1v) is 7.31. The number of amides is 1. The molecule has 0 aliphatic heterocycles. The predicted molar refractivity (Wildman–Crippen MR) is 85.8 cm³/mol. The van der Waals surface area contributed by atoms with Crippen LogP contribution in [0.3, 0.4) is 0 Å². The van der Waals surface area contributed by atoms with Crippen LogP contribution in [-0.2, 0) is 6.42 Å². The van der Waals surface area contributed by atoms with Crippen molar-refractivity contribution in [3.8, 4) is 0 Å². The number of hydrogen-bond acceptors (Lipinski definition) is 4. The number of nitrogens with zero attached hydrogens (tertiary/aromatic N) is 2. The minimum absolute atomic E-state index is 0.0657. The number of Topliss-reactive ketones (excluding diaryl/α,β-unsaturated/α-hetero) is 1. The van der Waals surface area contributed by atoms with E-state index in [1.807, 2.05) is 0 Å². The second-order valence-corrected chi connectivity index (χ2v) is 5.54. The molecule has 2 rings (SSSR count). The molecule has 0 unspecified atom stereocenters. The molecule has 0 aromatic carbocycles. The fourth-order valence-electron chi connectivity index (χ4n) is 2.60. The quantitative estimate of drug-likeness (QED) is 0.810. The highest BCUT2D eigenvalue weighted by Crippen LogP contribution is 2.19. The number of aryl methyl sites for hydroxylation is 1. The summed E-state index contributed by atoms with van der Waals surface area (Å²) in [6, 6.07) is 1.34. The largest absolute Gasteiger partial charge is 0.354 e. The summed E-state index contributed by atoms with van der Waals surface area (Å²) in [5, 5.41) is 0. The number of ketones is 1. The molecule has 0 fully saturated rings. The van der Waals surface area contributed by atoms with Gasteiger partial charge in [-0.2, -0.15) is 0 Å². The number of carbonyl (C=O) groups is 2. The number of nitrogens with one attached hydrogen (secondary N) is 2. The Bertz CT molecular complexity index is 804. The van der Waals surface area contributed by atoms with Gasteiger partial charge >= 0.3 is 0 Å². The molecule has 0 aliphatic rings. The van der Waals surface area contributed by atoms with E-state index in [9.17, 15) is 14.4 Å². The number of hydrogen-bond donors (Lipinski definition) is 2. The van der Waals surface area contributed by atoms with E-state index in [-0.39, 0.29) is 17.2 Å². The van der Waals surface area contributed by atoms with Gasteiger partial charge in [0, 0.05) is 43.5 Å². The Balaban J connectivity index is 2.12. The van der Waals surface area contributed by atoms with E-state index in [0.29, 0.717) is 41.3 Å². The molecule has 0 spiro atoms. The first kappa shape index (κ1) is 16.7. The van der Waals surface area contributed by atoms with Gasteiger partial charge in [-0.25, -0.2) is 4.98 Å². The van der Waals surface area contributed by atoms with Crippen molar-refractivity contribution >= 4 is 11.7 Å². The normalized spacial score (nSPS) is 10.6. The van der Waals surface area contributed by atoms with E-state index in [2.05, 4.69) is 15.0 Å². The molecular weight excluding hydrogens is 296 g/mol. The Morgan fingerprint density at radius 1 is 1.26 bits per heavy atom. The number of aromatic nitrogens is 3. The number of H-pyrrole nitrogens is 2. The van der Waals surface area contributed by atoms with Crippen LogP contribution in [-0.4, -0.2) is 45.1 Å². The van der Waals surface area contributed by atoms with Gasteiger partial charge < -0.3 is 14.9 Å². The summed E-state index contributed by atoms with van der Waals surface area (Å²) in [6.07, 6.45) is 1.88. The van der Waals surface area contributed by atoms with Crippen LogP contribution in [0.5, 0.6) is 0 Å². The summed E-state index contributed by atoms with van der Waals surface area (Å²) < 4.78 is 0. The van der Waals surface area contributed by atoms with E-state index >= 15 is 0 Å². The second-order valence-electron chi connectivity index (χ2n) is 5.54. The van der Waals surface area contributed by atoms with Gasteiger partial charge in [-0.15, -0.1) is 0 Å². The third-order valence-electron chi connectivity index (χ3n) is 3.76. The standard InChI is InChI=1S/C16H20N4O3/c1-9-14(11(3)21)10(2)18-15(9)16(23)20(4)8-6-12-17-7-5-13(22)19-12/h5,7,18H,6,8H2,1-4H3,(H,17,19,22). The Labute approximate surface area is 133 Å². The van der Waals surface area contributed by atoms with Crippen LogP contribution in [0.15, 0.2) is 17.1 Å². The maximum absolute atomic E-state index is 12.5. The Hall–Kier alpha value is -2.70. The topological polar surface area (TPSA) is 98.9 Å². The van der Waals surface area contributed by atoms with Gasteiger partial charge in [0.05, 0.1) is 0 Å². The monoisotopic (exact) mass is 316 g/mol. The molecule has 7 heteroatoms. The first-order valence-electron chi connectivity index (χ1n) is 7.31. The molecule has 0 atom stereocenters. The summed E-state index contributed by atoms with van der Waals surface area (Å²) in [6.45, 7) is 5.42. The summed E-state index contributed by atoms with van der Waals surface area (Å²) in [5.41, 5.74) is 2.13. The maximum Gasteiger partial charge on any atom is 0.270 e. The Morgan fingerprint density at radius 3 is 2.52 bits per heavy atom. The van der Waals surface area contributed by atoms with Crippen LogP contribution < -0.4 is 5.56 Å². The van der Waals surface area contributed by atoms with Crippen molar-refractivity contribution in [2.24, 2.45) is 0 Å². The fourth-order valence-corrected chi connectivity index (χ4v) is 2.60. The lowest BCUT2D eigenvalue weighted by Crippen LogP contribution is -2.30. The summed E-state index contributed by atoms with van der Waals surface area (Å²) in [4.78, 5) is 46.6. The first-order chi connectivity index (χ1) is 10.8. The number of aromatic amines is 2. The molecule has 0 saturated carbocycles. The van der Waals surface area contributed by atoms with E-state index in [1.165, 1.54) is 24.1 Å². The van der Waals surface area contributed by atoms with Crippen molar-refractivity contribution in [2.75, 3.05) is 13.6 Å². The SMILES string of the molecule is CC(=O)c1c(C)[nH]c(C(=O)N(C)CCc2nccc(=O)[nH]2)c1C. The smallest absolute Gasteiger partial charge is 0.270 e. The Morgan fingerprint density at radius 2 is 1.96 bits per heavy atom. The zero-order valence-electron chi connectivity index (χ0n) is 13.7. The fraction of sp³-hybridized carbons (Fsp3) is 0.375. The molecule has 122 valence electrons. The number of rotatable bonds is 5. The summed E-state index contributed by atoms with van der Waals surface area (Å²) >= 11 is 0. The van der Waals surface area contributed by atoms with Crippen molar-refractivity contribution in [1.82, 2.24) is 19.9 Å². The zero-order valence-corrected chi connectivity index (χ0v) is 13.7. The average Bonchev–Trinajstić information content (AvgIpc) is 2.79. The van der Waals surface area contributed by atoms with Crippen molar-refractivity contribution < 1.29 is 9.59 Å². The van der Waals surface area contributed by atoms with Crippen LogP contribution >= 0.6 is 0 Å². The molecular formula is C16H20N4O3. The van der Waals surface area contributed by atoms with Gasteiger partial charge in [0.25, 0.3) is 11.5 Å².